The Balaban J connectivity index is 1.99. The summed E-state index contributed by atoms with van der Waals surface area (Å²) in [6, 6.07) is 9.02. The SMILES string of the molecule is Cc1ccc(CC(=NC2CCCCCC2)NN)cc1. The van der Waals surface area contributed by atoms with Gasteiger partial charge in [0, 0.05) is 6.42 Å². The lowest BCUT2D eigenvalue weighted by Crippen LogP contribution is -2.33. The molecule has 0 heterocycles. The molecule has 0 saturated heterocycles. The summed E-state index contributed by atoms with van der Waals surface area (Å²) in [5, 5.41) is 0. The Morgan fingerprint density at radius 2 is 1.79 bits per heavy atom. The Hall–Kier alpha value is -1.35. The van der Waals surface area contributed by atoms with Crippen LogP contribution in [0.4, 0.5) is 0 Å². The molecule has 0 atom stereocenters. The van der Waals surface area contributed by atoms with Crippen LogP contribution in [0.15, 0.2) is 29.3 Å². The smallest absolute Gasteiger partial charge is 0.115 e. The number of hydrogen-bond acceptors (Lipinski definition) is 2. The van der Waals surface area contributed by atoms with Gasteiger partial charge in [-0.1, -0.05) is 55.5 Å². The van der Waals surface area contributed by atoms with Crippen molar-refractivity contribution in [1.29, 1.82) is 0 Å². The zero-order valence-electron chi connectivity index (χ0n) is 11.9. The van der Waals surface area contributed by atoms with Crippen molar-refractivity contribution >= 4 is 5.84 Å². The lowest BCUT2D eigenvalue weighted by Gasteiger charge is -2.12. The molecule has 1 fully saturated rings. The third-order valence-corrected chi connectivity index (χ3v) is 3.82. The van der Waals surface area contributed by atoms with Crippen LogP contribution in [0.2, 0.25) is 0 Å². The molecule has 1 aromatic carbocycles. The van der Waals surface area contributed by atoms with Crippen LogP contribution < -0.4 is 11.3 Å². The van der Waals surface area contributed by atoms with Gasteiger partial charge in [-0.25, -0.2) is 5.84 Å². The predicted molar refractivity (Wildman–Crippen MR) is 81.1 cm³/mol. The van der Waals surface area contributed by atoms with Gasteiger partial charge >= 0.3 is 0 Å². The standard InChI is InChI=1S/C16H25N3/c1-13-8-10-14(11-9-13)12-16(19-17)18-15-6-4-2-3-5-7-15/h8-11,15H,2-7,12,17H2,1H3,(H,18,19). The molecule has 3 heteroatoms. The second-order valence-electron chi connectivity index (χ2n) is 5.53. The number of nitrogens with zero attached hydrogens (tertiary/aromatic N) is 1. The molecular weight excluding hydrogens is 234 g/mol. The number of nitrogens with two attached hydrogens (primary N) is 1. The highest BCUT2D eigenvalue weighted by molar-refractivity contribution is 5.84. The van der Waals surface area contributed by atoms with Gasteiger partial charge in [-0.05, 0) is 25.3 Å². The summed E-state index contributed by atoms with van der Waals surface area (Å²) in [5.74, 6) is 6.54. The van der Waals surface area contributed by atoms with Gasteiger partial charge in [0.05, 0.1) is 6.04 Å². The monoisotopic (exact) mass is 259 g/mol. The second-order valence-corrected chi connectivity index (χ2v) is 5.53. The quantitative estimate of drug-likeness (QED) is 0.288. The maximum Gasteiger partial charge on any atom is 0.115 e. The van der Waals surface area contributed by atoms with Crippen molar-refractivity contribution in [2.45, 2.75) is 57.9 Å². The van der Waals surface area contributed by atoms with E-state index in [1.165, 1.54) is 49.7 Å². The Kier molecular flexibility index (Phi) is 5.40. The van der Waals surface area contributed by atoms with E-state index in [2.05, 4.69) is 36.6 Å². The van der Waals surface area contributed by atoms with Gasteiger partial charge in [0.15, 0.2) is 0 Å². The van der Waals surface area contributed by atoms with Crippen molar-refractivity contribution in [3.63, 3.8) is 0 Å². The lowest BCUT2D eigenvalue weighted by molar-refractivity contribution is 0.581. The maximum atomic E-state index is 5.63. The summed E-state index contributed by atoms with van der Waals surface area (Å²) in [5.41, 5.74) is 5.33. The van der Waals surface area contributed by atoms with Crippen LogP contribution in [0.1, 0.15) is 49.7 Å². The van der Waals surface area contributed by atoms with E-state index in [-0.39, 0.29) is 0 Å². The van der Waals surface area contributed by atoms with Crippen molar-refractivity contribution in [2.24, 2.45) is 10.8 Å². The summed E-state index contributed by atoms with van der Waals surface area (Å²) in [6.07, 6.45) is 8.53. The molecule has 3 nitrogen and oxygen atoms in total. The van der Waals surface area contributed by atoms with Gasteiger partial charge in [-0.3, -0.25) is 4.99 Å². The van der Waals surface area contributed by atoms with Crippen molar-refractivity contribution in [3.05, 3.63) is 35.4 Å². The van der Waals surface area contributed by atoms with Crippen LogP contribution in [0.3, 0.4) is 0 Å². The Bertz CT molecular complexity index is 401. The molecule has 2 rings (SSSR count). The number of hydrazine groups is 1. The zero-order chi connectivity index (χ0) is 13.5. The Morgan fingerprint density at radius 3 is 2.37 bits per heavy atom. The van der Waals surface area contributed by atoms with Gasteiger partial charge in [-0.2, -0.15) is 0 Å². The van der Waals surface area contributed by atoms with E-state index in [0.717, 1.165) is 12.3 Å². The molecule has 0 aromatic heterocycles. The lowest BCUT2D eigenvalue weighted by atomic mass is 10.1. The highest BCUT2D eigenvalue weighted by Crippen LogP contribution is 2.20. The highest BCUT2D eigenvalue weighted by atomic mass is 15.3. The van der Waals surface area contributed by atoms with E-state index in [4.69, 9.17) is 10.8 Å². The molecule has 3 N–H and O–H groups in total. The first kappa shape index (κ1) is 14.1. The molecule has 0 amide bonds. The molecular formula is C16H25N3. The van der Waals surface area contributed by atoms with Crippen molar-refractivity contribution in [3.8, 4) is 0 Å². The van der Waals surface area contributed by atoms with Crippen molar-refractivity contribution in [1.82, 2.24) is 5.43 Å². The zero-order valence-corrected chi connectivity index (χ0v) is 11.9. The first-order valence-electron chi connectivity index (χ1n) is 7.37. The number of nitrogens with one attached hydrogen (secondary N) is 1. The van der Waals surface area contributed by atoms with E-state index in [0.29, 0.717) is 6.04 Å². The third-order valence-electron chi connectivity index (χ3n) is 3.82. The number of amidine groups is 1. The number of benzene rings is 1. The summed E-state index contributed by atoms with van der Waals surface area (Å²) >= 11 is 0. The summed E-state index contributed by atoms with van der Waals surface area (Å²) in [4.78, 5) is 4.81. The Morgan fingerprint density at radius 1 is 1.16 bits per heavy atom. The molecule has 0 spiro atoms. The van der Waals surface area contributed by atoms with Gasteiger partial charge in [0.1, 0.15) is 5.84 Å². The third kappa shape index (κ3) is 4.67. The summed E-state index contributed by atoms with van der Waals surface area (Å²) in [6.45, 7) is 2.10. The van der Waals surface area contributed by atoms with E-state index >= 15 is 0 Å². The molecule has 19 heavy (non-hydrogen) atoms. The molecule has 0 unspecified atom stereocenters. The van der Waals surface area contributed by atoms with Crippen LogP contribution in [0.25, 0.3) is 0 Å². The average Bonchev–Trinajstić information content (AvgIpc) is 2.69. The van der Waals surface area contributed by atoms with Gasteiger partial charge in [0.25, 0.3) is 0 Å². The molecule has 0 aliphatic heterocycles. The van der Waals surface area contributed by atoms with Crippen LogP contribution in [-0.2, 0) is 6.42 Å². The maximum absolute atomic E-state index is 5.63. The first-order valence-corrected chi connectivity index (χ1v) is 7.37. The van der Waals surface area contributed by atoms with Gasteiger partial charge in [0.2, 0.25) is 0 Å². The van der Waals surface area contributed by atoms with Crippen molar-refractivity contribution in [2.75, 3.05) is 0 Å². The number of rotatable bonds is 3. The summed E-state index contributed by atoms with van der Waals surface area (Å²) in [7, 11) is 0. The minimum Gasteiger partial charge on any atom is -0.312 e. The highest BCUT2D eigenvalue weighted by Gasteiger charge is 2.12. The Labute approximate surface area is 116 Å². The summed E-state index contributed by atoms with van der Waals surface area (Å²) < 4.78 is 0. The minimum atomic E-state index is 0.457. The predicted octanol–water partition coefficient (Wildman–Crippen LogP) is 3.12. The number of hydrogen-bond donors (Lipinski definition) is 2. The van der Waals surface area contributed by atoms with E-state index in [1.807, 2.05) is 0 Å². The number of aryl methyl sites for hydroxylation is 1. The van der Waals surface area contributed by atoms with E-state index < -0.39 is 0 Å². The second kappa shape index (κ2) is 7.29. The van der Waals surface area contributed by atoms with Crippen LogP contribution >= 0.6 is 0 Å². The van der Waals surface area contributed by atoms with Gasteiger partial charge < -0.3 is 5.43 Å². The van der Waals surface area contributed by atoms with E-state index in [9.17, 15) is 0 Å². The molecule has 0 radical (unpaired) electrons. The molecule has 1 aromatic rings. The molecule has 1 saturated carbocycles. The van der Waals surface area contributed by atoms with Crippen LogP contribution in [0, 0.1) is 6.92 Å². The normalized spacial score (nSPS) is 18.1. The van der Waals surface area contributed by atoms with Crippen molar-refractivity contribution < 1.29 is 0 Å². The topological polar surface area (TPSA) is 50.4 Å². The molecule has 104 valence electrons. The van der Waals surface area contributed by atoms with Crippen LogP contribution in [0.5, 0.6) is 0 Å². The molecule has 1 aliphatic carbocycles. The average molecular weight is 259 g/mol. The minimum absolute atomic E-state index is 0.457. The molecule has 1 aliphatic rings. The fourth-order valence-corrected chi connectivity index (χ4v) is 2.64. The van der Waals surface area contributed by atoms with Crippen LogP contribution in [-0.4, -0.2) is 11.9 Å². The fraction of sp³-hybridized carbons (Fsp3) is 0.562. The number of aliphatic imine (C=N–C) groups is 1. The fourth-order valence-electron chi connectivity index (χ4n) is 2.64. The largest absolute Gasteiger partial charge is 0.312 e. The molecule has 0 bridgehead atoms. The van der Waals surface area contributed by atoms with Gasteiger partial charge in [-0.15, -0.1) is 0 Å². The first-order chi connectivity index (χ1) is 9.28. The van der Waals surface area contributed by atoms with E-state index in [1.54, 1.807) is 0 Å².